The van der Waals surface area contributed by atoms with Gasteiger partial charge < -0.3 is 0 Å². The molecule has 0 aliphatic heterocycles. The first-order chi connectivity index (χ1) is 6.63. The number of hydrogen-bond acceptors (Lipinski definition) is 0. The van der Waals surface area contributed by atoms with Gasteiger partial charge >= 0.3 is 0 Å². The van der Waals surface area contributed by atoms with Gasteiger partial charge in [-0.1, -0.05) is 12.7 Å². The monoisotopic (exact) mass is 188 g/mol. The Labute approximate surface area is 86.4 Å². The first kappa shape index (κ1) is 10.7. The van der Waals surface area contributed by atoms with Crippen LogP contribution in [0, 0.1) is 13.8 Å². The summed E-state index contributed by atoms with van der Waals surface area (Å²) in [6, 6.07) is 4.32. The zero-order valence-corrected chi connectivity index (χ0v) is 9.25. The molecule has 0 N–H and O–H groups in total. The average Bonchev–Trinajstić information content (AvgIpc) is 2.16. The molecule has 1 aromatic rings. The van der Waals surface area contributed by atoms with E-state index in [9.17, 15) is 0 Å². The van der Waals surface area contributed by atoms with Crippen LogP contribution >= 0.6 is 0 Å². The maximum Gasteiger partial charge on any atom is 0.178 e. The molecule has 0 atom stereocenters. The molecular formula is C13H18N+. The van der Waals surface area contributed by atoms with Crippen LogP contribution in [0.2, 0.25) is 0 Å². The quantitative estimate of drug-likeness (QED) is 0.507. The van der Waals surface area contributed by atoms with E-state index >= 15 is 0 Å². The van der Waals surface area contributed by atoms with Crippen LogP contribution in [-0.2, 0) is 6.54 Å². The third-order valence-corrected chi connectivity index (χ3v) is 2.34. The lowest BCUT2D eigenvalue weighted by atomic mass is 10.2. The molecule has 1 heterocycles. The van der Waals surface area contributed by atoms with Gasteiger partial charge in [0.05, 0.1) is 0 Å². The molecule has 0 bridgehead atoms. The number of nitrogens with zero attached hydrogens (tertiary/aromatic N) is 1. The standard InChI is InChI=1S/C13H18N/c1-5-11(2)6-8-14-9-7-12(3)10-13(14)4/h5-7,9-10H,1,8H2,2-4H3/q+1/b11-6+. The summed E-state index contributed by atoms with van der Waals surface area (Å²) in [5, 5.41) is 0. The van der Waals surface area contributed by atoms with Gasteiger partial charge in [-0.25, -0.2) is 0 Å². The Kier molecular flexibility index (Phi) is 3.63. The molecular weight excluding hydrogens is 170 g/mol. The zero-order valence-electron chi connectivity index (χ0n) is 9.25. The van der Waals surface area contributed by atoms with Crippen LogP contribution in [0.1, 0.15) is 18.2 Å². The van der Waals surface area contributed by atoms with E-state index in [2.05, 4.69) is 56.3 Å². The van der Waals surface area contributed by atoms with Crippen LogP contribution in [-0.4, -0.2) is 0 Å². The lowest BCUT2D eigenvalue weighted by Crippen LogP contribution is -2.35. The Morgan fingerprint density at radius 1 is 1.50 bits per heavy atom. The second-order valence-corrected chi connectivity index (χ2v) is 3.65. The smallest absolute Gasteiger partial charge is 0.178 e. The molecule has 0 aliphatic rings. The number of rotatable bonds is 3. The minimum Gasteiger partial charge on any atom is -0.199 e. The fourth-order valence-electron chi connectivity index (χ4n) is 1.32. The van der Waals surface area contributed by atoms with E-state index < -0.39 is 0 Å². The Balaban J connectivity index is 2.82. The van der Waals surface area contributed by atoms with Crippen LogP contribution in [0.15, 0.2) is 42.6 Å². The van der Waals surface area contributed by atoms with E-state index in [1.165, 1.54) is 16.8 Å². The normalized spacial score (nSPS) is 11.5. The predicted octanol–water partition coefficient (Wildman–Crippen LogP) is 2.72. The minimum absolute atomic E-state index is 0.921. The molecule has 0 spiro atoms. The highest BCUT2D eigenvalue weighted by Crippen LogP contribution is 1.97. The molecule has 0 radical (unpaired) electrons. The van der Waals surface area contributed by atoms with E-state index in [0.717, 1.165) is 6.54 Å². The summed E-state index contributed by atoms with van der Waals surface area (Å²) in [6.07, 6.45) is 6.18. The molecule has 0 fully saturated rings. The molecule has 0 saturated heterocycles. The van der Waals surface area contributed by atoms with E-state index in [-0.39, 0.29) is 0 Å². The number of aromatic nitrogens is 1. The van der Waals surface area contributed by atoms with Gasteiger partial charge in [-0.15, -0.1) is 0 Å². The number of pyridine rings is 1. The minimum atomic E-state index is 0.921. The topological polar surface area (TPSA) is 3.88 Å². The summed E-state index contributed by atoms with van der Waals surface area (Å²) in [4.78, 5) is 0. The summed E-state index contributed by atoms with van der Waals surface area (Å²) < 4.78 is 2.22. The van der Waals surface area contributed by atoms with Crippen LogP contribution in [0.5, 0.6) is 0 Å². The second kappa shape index (κ2) is 4.75. The summed E-state index contributed by atoms with van der Waals surface area (Å²) in [5.41, 5.74) is 3.82. The van der Waals surface area contributed by atoms with Gasteiger partial charge in [0.15, 0.2) is 18.4 Å². The largest absolute Gasteiger partial charge is 0.199 e. The number of aryl methyl sites for hydroxylation is 2. The van der Waals surface area contributed by atoms with Crippen LogP contribution in [0.25, 0.3) is 0 Å². The van der Waals surface area contributed by atoms with Crippen molar-refractivity contribution in [3.63, 3.8) is 0 Å². The third-order valence-electron chi connectivity index (χ3n) is 2.34. The highest BCUT2D eigenvalue weighted by Gasteiger charge is 2.02. The van der Waals surface area contributed by atoms with Crippen molar-refractivity contribution in [3.05, 3.63) is 53.9 Å². The van der Waals surface area contributed by atoms with Gasteiger partial charge in [0.25, 0.3) is 0 Å². The van der Waals surface area contributed by atoms with Gasteiger partial charge in [0, 0.05) is 19.1 Å². The van der Waals surface area contributed by atoms with E-state index in [1.807, 2.05) is 6.08 Å². The van der Waals surface area contributed by atoms with Gasteiger partial charge in [-0.2, -0.15) is 4.57 Å². The number of allylic oxidation sites excluding steroid dienone is 3. The van der Waals surface area contributed by atoms with Crippen molar-refractivity contribution < 1.29 is 4.57 Å². The molecule has 0 aromatic carbocycles. The molecule has 1 heteroatoms. The number of hydrogen-bond donors (Lipinski definition) is 0. The lowest BCUT2D eigenvalue weighted by molar-refractivity contribution is -0.693. The van der Waals surface area contributed by atoms with Crippen LogP contribution in [0.4, 0.5) is 0 Å². The fraction of sp³-hybridized carbons (Fsp3) is 0.308. The van der Waals surface area contributed by atoms with Crippen molar-refractivity contribution in [1.82, 2.24) is 0 Å². The van der Waals surface area contributed by atoms with Crippen molar-refractivity contribution in [2.75, 3.05) is 0 Å². The summed E-state index contributed by atoms with van der Waals surface area (Å²) in [7, 11) is 0. The molecule has 74 valence electrons. The molecule has 0 aliphatic carbocycles. The van der Waals surface area contributed by atoms with Crippen molar-refractivity contribution >= 4 is 0 Å². The van der Waals surface area contributed by atoms with Crippen molar-refractivity contribution in [2.45, 2.75) is 27.3 Å². The van der Waals surface area contributed by atoms with Gasteiger partial charge in [-0.05, 0) is 31.1 Å². The maximum absolute atomic E-state index is 3.73. The summed E-state index contributed by atoms with van der Waals surface area (Å²) in [6.45, 7) is 11.0. The maximum atomic E-state index is 3.73. The SMILES string of the molecule is C=C/C(C)=C/C[n+]1ccc(C)cc1C. The van der Waals surface area contributed by atoms with Gasteiger partial charge in [-0.3, -0.25) is 0 Å². The highest BCUT2D eigenvalue weighted by molar-refractivity contribution is 5.12. The molecule has 0 unspecified atom stereocenters. The molecule has 14 heavy (non-hydrogen) atoms. The summed E-state index contributed by atoms with van der Waals surface area (Å²) >= 11 is 0. The van der Waals surface area contributed by atoms with Crippen LogP contribution < -0.4 is 4.57 Å². The summed E-state index contributed by atoms with van der Waals surface area (Å²) in [5.74, 6) is 0. The average molecular weight is 188 g/mol. The van der Waals surface area contributed by atoms with Crippen molar-refractivity contribution in [3.8, 4) is 0 Å². The molecule has 1 aromatic heterocycles. The highest BCUT2D eigenvalue weighted by atomic mass is 14.9. The Morgan fingerprint density at radius 2 is 2.21 bits per heavy atom. The second-order valence-electron chi connectivity index (χ2n) is 3.65. The molecule has 0 saturated carbocycles. The molecule has 1 nitrogen and oxygen atoms in total. The van der Waals surface area contributed by atoms with E-state index in [0.29, 0.717) is 0 Å². The Bertz CT molecular complexity index is 361. The molecule has 1 rings (SSSR count). The Morgan fingerprint density at radius 3 is 2.79 bits per heavy atom. The lowest BCUT2D eigenvalue weighted by Gasteiger charge is -1.98. The third kappa shape index (κ3) is 2.84. The Hall–Kier alpha value is -1.37. The van der Waals surface area contributed by atoms with Gasteiger partial charge in [0.1, 0.15) is 0 Å². The van der Waals surface area contributed by atoms with Gasteiger partial charge in [0.2, 0.25) is 0 Å². The molecule has 0 amide bonds. The predicted molar refractivity (Wildman–Crippen MR) is 60.1 cm³/mol. The van der Waals surface area contributed by atoms with Crippen LogP contribution in [0.3, 0.4) is 0 Å². The van der Waals surface area contributed by atoms with Crippen molar-refractivity contribution in [1.29, 1.82) is 0 Å². The fourth-order valence-corrected chi connectivity index (χ4v) is 1.32. The van der Waals surface area contributed by atoms with E-state index in [4.69, 9.17) is 0 Å². The first-order valence-electron chi connectivity index (χ1n) is 4.89. The first-order valence-corrected chi connectivity index (χ1v) is 4.89. The zero-order chi connectivity index (χ0) is 10.6. The van der Waals surface area contributed by atoms with E-state index in [1.54, 1.807) is 0 Å². The van der Waals surface area contributed by atoms with Crippen molar-refractivity contribution in [2.24, 2.45) is 0 Å².